The van der Waals surface area contributed by atoms with Crippen LogP contribution in [0.25, 0.3) is 0 Å². The van der Waals surface area contributed by atoms with Crippen molar-refractivity contribution in [3.05, 3.63) is 23.7 Å². The van der Waals surface area contributed by atoms with Crippen molar-refractivity contribution in [3.8, 4) is 0 Å². The molecule has 2 rings (SSSR count). The maximum Gasteiger partial charge on any atom is 0.371 e. The van der Waals surface area contributed by atoms with E-state index in [1.54, 1.807) is 6.07 Å². The highest BCUT2D eigenvalue weighted by atomic mass is 16.4. The molecule has 1 aromatic rings. The standard InChI is InChI=1S/C16H25NO3/c1-3-12-4-6-13(7-5-12)10-17-11(2)14-8-9-15(20-14)16(18)19/h8-9,11-13,17H,3-7,10H2,1-2H3,(H,18,19). The third-order valence-corrected chi connectivity index (χ3v) is 4.52. The lowest BCUT2D eigenvalue weighted by Crippen LogP contribution is -2.28. The minimum absolute atomic E-state index is 0.0112. The summed E-state index contributed by atoms with van der Waals surface area (Å²) in [6.45, 7) is 5.28. The Hall–Kier alpha value is -1.29. The van der Waals surface area contributed by atoms with Crippen LogP contribution in [0.5, 0.6) is 0 Å². The van der Waals surface area contributed by atoms with Gasteiger partial charge in [-0.05, 0) is 50.3 Å². The summed E-state index contributed by atoms with van der Waals surface area (Å²) in [7, 11) is 0. The summed E-state index contributed by atoms with van der Waals surface area (Å²) < 4.78 is 5.32. The van der Waals surface area contributed by atoms with Crippen LogP contribution in [0.15, 0.2) is 16.5 Å². The molecule has 0 saturated heterocycles. The predicted octanol–water partition coefficient (Wildman–Crippen LogP) is 3.84. The van der Waals surface area contributed by atoms with E-state index in [1.807, 2.05) is 6.92 Å². The van der Waals surface area contributed by atoms with Crippen LogP contribution < -0.4 is 5.32 Å². The highest BCUT2D eigenvalue weighted by Gasteiger charge is 2.21. The molecule has 1 saturated carbocycles. The van der Waals surface area contributed by atoms with Crippen molar-refractivity contribution < 1.29 is 14.3 Å². The molecule has 1 aromatic heterocycles. The van der Waals surface area contributed by atoms with Crippen molar-refractivity contribution in [2.45, 2.75) is 52.0 Å². The molecule has 0 bridgehead atoms. The molecule has 0 radical (unpaired) electrons. The Balaban J connectivity index is 1.77. The Morgan fingerprint density at radius 3 is 2.55 bits per heavy atom. The number of carbonyl (C=O) groups is 1. The molecule has 1 unspecified atom stereocenters. The topological polar surface area (TPSA) is 62.5 Å². The maximum absolute atomic E-state index is 10.8. The highest BCUT2D eigenvalue weighted by molar-refractivity contribution is 5.84. The summed E-state index contributed by atoms with van der Waals surface area (Å²) in [6.07, 6.45) is 6.61. The summed E-state index contributed by atoms with van der Waals surface area (Å²) in [5, 5.41) is 12.3. The van der Waals surface area contributed by atoms with E-state index in [2.05, 4.69) is 12.2 Å². The van der Waals surface area contributed by atoms with E-state index in [9.17, 15) is 4.79 Å². The predicted molar refractivity (Wildman–Crippen MR) is 77.8 cm³/mol. The van der Waals surface area contributed by atoms with Gasteiger partial charge < -0.3 is 14.8 Å². The van der Waals surface area contributed by atoms with Crippen molar-refractivity contribution in [2.24, 2.45) is 11.8 Å². The van der Waals surface area contributed by atoms with Crippen molar-refractivity contribution in [2.75, 3.05) is 6.54 Å². The number of carboxylic acids is 1. The van der Waals surface area contributed by atoms with E-state index in [4.69, 9.17) is 9.52 Å². The van der Waals surface area contributed by atoms with Gasteiger partial charge in [-0.2, -0.15) is 0 Å². The van der Waals surface area contributed by atoms with Crippen molar-refractivity contribution in [1.82, 2.24) is 5.32 Å². The fourth-order valence-electron chi connectivity index (χ4n) is 2.99. The monoisotopic (exact) mass is 279 g/mol. The van der Waals surface area contributed by atoms with Crippen LogP contribution in [0, 0.1) is 11.8 Å². The van der Waals surface area contributed by atoms with E-state index in [0.29, 0.717) is 5.76 Å². The third-order valence-electron chi connectivity index (χ3n) is 4.52. The van der Waals surface area contributed by atoms with Gasteiger partial charge in [-0.25, -0.2) is 4.79 Å². The smallest absolute Gasteiger partial charge is 0.371 e. The maximum atomic E-state index is 10.8. The summed E-state index contributed by atoms with van der Waals surface area (Å²) in [5.41, 5.74) is 0. The van der Waals surface area contributed by atoms with Crippen molar-refractivity contribution >= 4 is 5.97 Å². The molecule has 112 valence electrons. The van der Waals surface area contributed by atoms with Gasteiger partial charge in [-0.3, -0.25) is 0 Å². The van der Waals surface area contributed by atoms with Crippen molar-refractivity contribution in [1.29, 1.82) is 0 Å². The number of hydrogen-bond donors (Lipinski definition) is 2. The lowest BCUT2D eigenvalue weighted by molar-refractivity contribution is 0.0659. The lowest BCUT2D eigenvalue weighted by atomic mass is 9.81. The molecule has 1 fully saturated rings. The molecule has 0 amide bonds. The molecule has 1 heterocycles. The van der Waals surface area contributed by atoms with Crippen LogP contribution in [0.4, 0.5) is 0 Å². The second kappa shape index (κ2) is 6.93. The number of nitrogens with one attached hydrogen (secondary N) is 1. The second-order valence-electron chi connectivity index (χ2n) is 5.93. The van der Waals surface area contributed by atoms with Gasteiger partial charge in [0.2, 0.25) is 5.76 Å². The van der Waals surface area contributed by atoms with Crippen LogP contribution in [0.3, 0.4) is 0 Å². The SMILES string of the molecule is CCC1CCC(CNC(C)c2ccc(C(=O)O)o2)CC1. The molecule has 2 N–H and O–H groups in total. The average molecular weight is 279 g/mol. The summed E-state index contributed by atoms with van der Waals surface area (Å²) in [4.78, 5) is 10.8. The van der Waals surface area contributed by atoms with Gasteiger partial charge in [0, 0.05) is 0 Å². The van der Waals surface area contributed by atoms with E-state index >= 15 is 0 Å². The zero-order chi connectivity index (χ0) is 14.5. The number of aromatic carboxylic acids is 1. The molecule has 4 heteroatoms. The quantitative estimate of drug-likeness (QED) is 0.830. The number of hydrogen-bond acceptors (Lipinski definition) is 3. The average Bonchev–Trinajstić information content (AvgIpc) is 2.95. The van der Waals surface area contributed by atoms with E-state index in [1.165, 1.54) is 38.2 Å². The Kier molecular flexibility index (Phi) is 5.24. The Morgan fingerprint density at radius 2 is 2.00 bits per heavy atom. The van der Waals surface area contributed by atoms with E-state index in [-0.39, 0.29) is 11.8 Å². The zero-order valence-electron chi connectivity index (χ0n) is 12.4. The summed E-state index contributed by atoms with van der Waals surface area (Å²) in [5.74, 6) is 1.36. The summed E-state index contributed by atoms with van der Waals surface area (Å²) in [6, 6.07) is 3.32. The van der Waals surface area contributed by atoms with Crippen LogP contribution in [-0.4, -0.2) is 17.6 Å². The molecule has 20 heavy (non-hydrogen) atoms. The third kappa shape index (κ3) is 3.85. The largest absolute Gasteiger partial charge is 0.475 e. The van der Waals surface area contributed by atoms with Gasteiger partial charge in [0.15, 0.2) is 0 Å². The molecular formula is C16H25NO3. The molecule has 1 atom stereocenters. The fourth-order valence-corrected chi connectivity index (χ4v) is 2.99. The first kappa shape index (κ1) is 15.1. The zero-order valence-corrected chi connectivity index (χ0v) is 12.4. The van der Waals surface area contributed by atoms with E-state index < -0.39 is 5.97 Å². The van der Waals surface area contributed by atoms with Gasteiger partial charge in [0.05, 0.1) is 6.04 Å². The number of furan rings is 1. The first-order valence-corrected chi connectivity index (χ1v) is 7.66. The molecule has 1 aliphatic rings. The van der Waals surface area contributed by atoms with Gasteiger partial charge in [0.25, 0.3) is 0 Å². The van der Waals surface area contributed by atoms with Crippen LogP contribution >= 0.6 is 0 Å². The minimum Gasteiger partial charge on any atom is -0.475 e. The van der Waals surface area contributed by atoms with Crippen LogP contribution in [-0.2, 0) is 0 Å². The fraction of sp³-hybridized carbons (Fsp3) is 0.688. The normalized spacial score (nSPS) is 24.5. The number of carboxylic acid groups (broad SMARTS) is 1. The highest BCUT2D eigenvalue weighted by Crippen LogP contribution is 2.30. The lowest BCUT2D eigenvalue weighted by Gasteiger charge is -2.28. The minimum atomic E-state index is -1.01. The molecule has 0 aromatic carbocycles. The van der Waals surface area contributed by atoms with Gasteiger partial charge >= 0.3 is 5.97 Å². The first-order valence-electron chi connectivity index (χ1n) is 7.66. The Labute approximate surface area is 120 Å². The van der Waals surface area contributed by atoms with Gasteiger partial charge in [0.1, 0.15) is 5.76 Å². The van der Waals surface area contributed by atoms with Crippen molar-refractivity contribution in [3.63, 3.8) is 0 Å². The van der Waals surface area contributed by atoms with Gasteiger partial charge in [-0.1, -0.05) is 26.2 Å². The van der Waals surface area contributed by atoms with Crippen LogP contribution in [0.2, 0.25) is 0 Å². The molecule has 0 aliphatic heterocycles. The molecular weight excluding hydrogens is 254 g/mol. The van der Waals surface area contributed by atoms with E-state index in [0.717, 1.165) is 18.4 Å². The van der Waals surface area contributed by atoms with Crippen LogP contribution in [0.1, 0.15) is 68.3 Å². The summed E-state index contributed by atoms with van der Waals surface area (Å²) >= 11 is 0. The Bertz CT molecular complexity index is 433. The molecule has 4 nitrogen and oxygen atoms in total. The molecule has 1 aliphatic carbocycles. The van der Waals surface area contributed by atoms with Gasteiger partial charge in [-0.15, -0.1) is 0 Å². The second-order valence-corrected chi connectivity index (χ2v) is 5.93. The molecule has 0 spiro atoms. The Morgan fingerprint density at radius 1 is 1.35 bits per heavy atom. The number of rotatable bonds is 6. The first-order chi connectivity index (χ1) is 9.60.